The molecule has 0 atom stereocenters. The Balaban J connectivity index is 1.33. The molecule has 2 aromatic carbocycles. The molecule has 0 radical (unpaired) electrons. The molecule has 3 aromatic rings. The highest BCUT2D eigenvalue weighted by atomic mass is 35.5. The van der Waals surface area contributed by atoms with Gasteiger partial charge in [0.1, 0.15) is 11.6 Å². The molecule has 1 aliphatic carbocycles. The fourth-order valence-electron chi connectivity index (χ4n) is 5.11. The van der Waals surface area contributed by atoms with E-state index in [-0.39, 0.29) is 11.5 Å². The minimum absolute atomic E-state index is 0.122. The van der Waals surface area contributed by atoms with E-state index < -0.39 is 0 Å². The second-order valence-electron chi connectivity index (χ2n) is 10.6. The van der Waals surface area contributed by atoms with Crippen molar-refractivity contribution in [3.05, 3.63) is 70.3 Å². The Morgan fingerprint density at radius 1 is 0.970 bits per heavy atom. The van der Waals surface area contributed by atoms with Gasteiger partial charge in [-0.3, -0.25) is 9.47 Å². The molecule has 1 saturated carbocycles. The van der Waals surface area contributed by atoms with Crippen LogP contribution in [0.3, 0.4) is 0 Å². The molecule has 33 heavy (non-hydrogen) atoms. The molecule has 5 nitrogen and oxygen atoms in total. The van der Waals surface area contributed by atoms with Crippen molar-refractivity contribution in [1.82, 2.24) is 19.7 Å². The molecule has 1 aromatic heterocycles. The fourth-order valence-corrected chi connectivity index (χ4v) is 5.31. The van der Waals surface area contributed by atoms with Crippen LogP contribution in [0.15, 0.2) is 42.5 Å². The van der Waals surface area contributed by atoms with E-state index >= 15 is 0 Å². The smallest absolute Gasteiger partial charge is 0.151 e. The van der Waals surface area contributed by atoms with Gasteiger partial charge in [-0.25, -0.2) is 0 Å². The summed E-state index contributed by atoms with van der Waals surface area (Å²) in [7, 11) is 2.12. The van der Waals surface area contributed by atoms with Gasteiger partial charge in [-0.2, -0.15) is 0 Å². The van der Waals surface area contributed by atoms with Crippen molar-refractivity contribution < 1.29 is 4.74 Å². The molecule has 2 aliphatic rings. The van der Waals surface area contributed by atoms with E-state index in [4.69, 9.17) is 16.3 Å². The monoisotopic (exact) mass is 464 g/mol. The standard InChI is InChI=1S/C27H33ClN4O/c1-27(2,3)20-6-5-7-23(15-20)33-22-11-8-18(9-12-22)26-30-29-25-17-31(4)16-19-14-21(28)10-13-24(19)32(25)26/h5-7,10,13-15,18,22H,8-9,11-12,16-17H2,1-4H3. The van der Waals surface area contributed by atoms with Crippen molar-refractivity contribution in [2.24, 2.45) is 0 Å². The molecule has 0 bridgehead atoms. The summed E-state index contributed by atoms with van der Waals surface area (Å²) in [5.41, 5.74) is 3.82. The van der Waals surface area contributed by atoms with Gasteiger partial charge in [-0.1, -0.05) is 44.5 Å². The Hall–Kier alpha value is -2.37. The van der Waals surface area contributed by atoms with Gasteiger partial charge in [-0.05, 0) is 79.6 Å². The molecule has 0 amide bonds. The molecule has 6 heteroatoms. The van der Waals surface area contributed by atoms with Crippen molar-refractivity contribution in [1.29, 1.82) is 0 Å². The van der Waals surface area contributed by atoms with Crippen LogP contribution in [0.4, 0.5) is 0 Å². The quantitative estimate of drug-likeness (QED) is 0.458. The van der Waals surface area contributed by atoms with Gasteiger partial charge in [0.15, 0.2) is 5.82 Å². The lowest BCUT2D eigenvalue weighted by Gasteiger charge is -2.29. The van der Waals surface area contributed by atoms with Crippen molar-refractivity contribution in [3.63, 3.8) is 0 Å². The second-order valence-corrected chi connectivity index (χ2v) is 11.1. The van der Waals surface area contributed by atoms with Gasteiger partial charge in [-0.15, -0.1) is 10.2 Å². The van der Waals surface area contributed by atoms with Crippen LogP contribution in [0.1, 0.15) is 75.1 Å². The maximum atomic E-state index is 6.41. The highest BCUT2D eigenvalue weighted by Crippen LogP contribution is 2.37. The normalized spacial score (nSPS) is 21.2. The van der Waals surface area contributed by atoms with Crippen LogP contribution in [-0.2, 0) is 18.5 Å². The van der Waals surface area contributed by atoms with Gasteiger partial charge < -0.3 is 4.74 Å². The first-order valence-corrected chi connectivity index (χ1v) is 12.3. The molecule has 5 rings (SSSR count). The van der Waals surface area contributed by atoms with E-state index in [0.29, 0.717) is 5.92 Å². The minimum Gasteiger partial charge on any atom is -0.490 e. The van der Waals surface area contributed by atoms with Crippen LogP contribution in [0.25, 0.3) is 5.69 Å². The first kappa shape index (κ1) is 22.4. The number of nitrogens with zero attached hydrogens (tertiary/aromatic N) is 4. The molecule has 2 heterocycles. The lowest BCUT2D eigenvalue weighted by atomic mass is 9.86. The summed E-state index contributed by atoms with van der Waals surface area (Å²) < 4.78 is 8.69. The number of ether oxygens (including phenoxy) is 1. The maximum Gasteiger partial charge on any atom is 0.151 e. The minimum atomic E-state index is 0.122. The summed E-state index contributed by atoms with van der Waals surface area (Å²) in [6.45, 7) is 8.35. The van der Waals surface area contributed by atoms with Crippen molar-refractivity contribution in [2.75, 3.05) is 7.05 Å². The molecule has 0 unspecified atom stereocenters. The van der Waals surface area contributed by atoms with Gasteiger partial charge in [0.2, 0.25) is 0 Å². The molecule has 1 fully saturated rings. The van der Waals surface area contributed by atoms with Crippen molar-refractivity contribution in [3.8, 4) is 11.4 Å². The Kier molecular flexibility index (Phi) is 5.96. The maximum absolute atomic E-state index is 6.41. The van der Waals surface area contributed by atoms with Crippen LogP contribution in [0, 0.1) is 0 Å². The summed E-state index contributed by atoms with van der Waals surface area (Å²) in [6, 6.07) is 14.7. The van der Waals surface area contributed by atoms with Crippen LogP contribution < -0.4 is 4.74 Å². The third-order valence-corrected chi connectivity index (χ3v) is 7.17. The van der Waals surface area contributed by atoms with Crippen molar-refractivity contribution >= 4 is 11.6 Å². The average molecular weight is 465 g/mol. The molecule has 0 N–H and O–H groups in total. The van der Waals surface area contributed by atoms with Gasteiger partial charge in [0, 0.05) is 17.5 Å². The van der Waals surface area contributed by atoms with E-state index in [1.54, 1.807) is 0 Å². The summed E-state index contributed by atoms with van der Waals surface area (Å²) in [5.74, 6) is 3.46. The van der Waals surface area contributed by atoms with Crippen LogP contribution in [0.2, 0.25) is 5.02 Å². The number of benzene rings is 2. The third kappa shape index (κ3) is 4.67. The molecule has 174 valence electrons. The van der Waals surface area contributed by atoms with E-state index in [2.05, 4.69) is 83.9 Å². The first-order valence-electron chi connectivity index (χ1n) is 12.0. The van der Waals surface area contributed by atoms with Gasteiger partial charge in [0.05, 0.1) is 18.3 Å². The number of hydrogen-bond acceptors (Lipinski definition) is 4. The SMILES string of the molecule is CN1Cc2cc(Cl)ccc2-n2c(nnc2C2CCC(Oc3cccc(C(C)(C)C)c3)CC2)C1. The van der Waals surface area contributed by atoms with Gasteiger partial charge in [0.25, 0.3) is 0 Å². The Bertz CT molecular complexity index is 1140. The van der Waals surface area contributed by atoms with E-state index in [1.165, 1.54) is 11.1 Å². The number of aromatic nitrogens is 3. The zero-order valence-corrected chi connectivity index (χ0v) is 20.8. The summed E-state index contributed by atoms with van der Waals surface area (Å²) in [6.07, 6.45) is 4.42. The molecular formula is C27H33ClN4O. The first-order chi connectivity index (χ1) is 15.8. The highest BCUT2D eigenvalue weighted by Gasteiger charge is 2.30. The fraction of sp³-hybridized carbons (Fsp3) is 0.481. The lowest BCUT2D eigenvalue weighted by molar-refractivity contribution is 0.144. The number of fused-ring (bicyclic) bond motifs is 3. The Labute approximate surface area is 201 Å². The van der Waals surface area contributed by atoms with Crippen molar-refractivity contribution in [2.45, 2.75) is 77.0 Å². The Morgan fingerprint density at radius 3 is 2.52 bits per heavy atom. The van der Waals surface area contributed by atoms with E-state index in [9.17, 15) is 0 Å². The lowest BCUT2D eigenvalue weighted by Crippen LogP contribution is -2.25. The second kappa shape index (κ2) is 8.77. The Morgan fingerprint density at radius 2 is 1.76 bits per heavy atom. The highest BCUT2D eigenvalue weighted by molar-refractivity contribution is 6.30. The summed E-state index contributed by atoms with van der Waals surface area (Å²) >= 11 is 6.31. The van der Waals surface area contributed by atoms with E-state index in [1.807, 2.05) is 6.07 Å². The average Bonchev–Trinajstić information content (AvgIpc) is 3.11. The largest absolute Gasteiger partial charge is 0.490 e. The summed E-state index contributed by atoms with van der Waals surface area (Å²) in [4.78, 5) is 2.27. The summed E-state index contributed by atoms with van der Waals surface area (Å²) in [5, 5.41) is 10.0. The number of halogens is 1. The molecule has 0 spiro atoms. The zero-order valence-electron chi connectivity index (χ0n) is 20.0. The number of hydrogen-bond donors (Lipinski definition) is 0. The zero-order chi connectivity index (χ0) is 23.2. The molecule has 1 aliphatic heterocycles. The third-order valence-electron chi connectivity index (χ3n) is 6.93. The van der Waals surface area contributed by atoms with Crippen LogP contribution in [0.5, 0.6) is 5.75 Å². The predicted octanol–water partition coefficient (Wildman–Crippen LogP) is 6.27. The van der Waals surface area contributed by atoms with Crippen LogP contribution >= 0.6 is 11.6 Å². The topological polar surface area (TPSA) is 43.2 Å². The molecular weight excluding hydrogens is 432 g/mol. The van der Waals surface area contributed by atoms with E-state index in [0.717, 1.165) is 66.9 Å². The van der Waals surface area contributed by atoms with Crippen LogP contribution in [-0.4, -0.2) is 32.8 Å². The molecule has 0 saturated heterocycles. The van der Waals surface area contributed by atoms with Gasteiger partial charge >= 0.3 is 0 Å². The number of rotatable bonds is 3. The predicted molar refractivity (Wildman–Crippen MR) is 132 cm³/mol.